The van der Waals surface area contributed by atoms with E-state index in [1.54, 1.807) is 6.20 Å². The van der Waals surface area contributed by atoms with Gasteiger partial charge in [0, 0.05) is 12.5 Å². The molecular formula is C9H13NO. The van der Waals surface area contributed by atoms with E-state index in [1.807, 2.05) is 11.0 Å². The molecule has 1 fully saturated rings. The van der Waals surface area contributed by atoms with Gasteiger partial charge in [-0.05, 0) is 12.6 Å². The minimum atomic E-state index is -0.0231. The molecule has 1 aliphatic heterocycles. The van der Waals surface area contributed by atoms with Gasteiger partial charge in [0.05, 0.1) is 6.04 Å². The molecule has 2 atom stereocenters. The molecule has 0 saturated carbocycles. The molecule has 1 rings (SSSR count). The molecule has 11 heavy (non-hydrogen) atoms. The maximum absolute atomic E-state index is 10.6. The highest BCUT2D eigenvalue weighted by molar-refractivity contribution is 5.59. The van der Waals surface area contributed by atoms with E-state index in [9.17, 15) is 4.79 Å². The van der Waals surface area contributed by atoms with Gasteiger partial charge in [-0.15, -0.1) is 6.58 Å². The molecule has 0 aromatic heterocycles. The smallest absolute Gasteiger partial charge is 0.142 e. The lowest BCUT2D eigenvalue weighted by molar-refractivity contribution is -0.111. The van der Waals surface area contributed by atoms with Gasteiger partial charge < -0.3 is 9.69 Å². The SMILES string of the molecule is C=CC1CCN(C=C)C1C=O. The van der Waals surface area contributed by atoms with Crippen molar-refractivity contribution in [2.24, 2.45) is 5.92 Å². The average Bonchev–Trinajstić information content (AvgIpc) is 2.45. The van der Waals surface area contributed by atoms with E-state index in [1.165, 1.54) is 0 Å². The van der Waals surface area contributed by atoms with Crippen LogP contribution in [-0.4, -0.2) is 23.8 Å². The molecule has 1 aliphatic rings. The summed E-state index contributed by atoms with van der Waals surface area (Å²) < 4.78 is 0. The molecule has 0 bridgehead atoms. The van der Waals surface area contributed by atoms with Gasteiger partial charge in [0.25, 0.3) is 0 Å². The van der Waals surface area contributed by atoms with Gasteiger partial charge in [-0.2, -0.15) is 0 Å². The van der Waals surface area contributed by atoms with Crippen LogP contribution in [0.15, 0.2) is 25.4 Å². The summed E-state index contributed by atoms with van der Waals surface area (Å²) in [6, 6.07) is -0.0231. The zero-order valence-electron chi connectivity index (χ0n) is 6.57. The van der Waals surface area contributed by atoms with Crippen molar-refractivity contribution in [1.29, 1.82) is 0 Å². The summed E-state index contributed by atoms with van der Waals surface area (Å²) in [6.45, 7) is 8.25. The Morgan fingerprint density at radius 3 is 2.64 bits per heavy atom. The fourth-order valence-electron chi connectivity index (χ4n) is 1.51. The second kappa shape index (κ2) is 3.37. The Hall–Kier alpha value is -1.05. The van der Waals surface area contributed by atoms with Crippen LogP contribution >= 0.6 is 0 Å². The van der Waals surface area contributed by atoms with Crippen LogP contribution in [0.25, 0.3) is 0 Å². The predicted molar refractivity (Wildman–Crippen MR) is 45.1 cm³/mol. The van der Waals surface area contributed by atoms with Crippen molar-refractivity contribution in [1.82, 2.24) is 4.90 Å². The number of hydrogen-bond donors (Lipinski definition) is 0. The summed E-state index contributed by atoms with van der Waals surface area (Å²) in [5.41, 5.74) is 0. The number of likely N-dealkylation sites (tertiary alicyclic amines) is 1. The molecule has 2 unspecified atom stereocenters. The predicted octanol–water partition coefficient (Wildman–Crippen LogP) is 1.21. The monoisotopic (exact) mass is 151 g/mol. The molecule has 0 spiro atoms. The third-order valence-electron chi connectivity index (χ3n) is 2.22. The summed E-state index contributed by atoms with van der Waals surface area (Å²) in [7, 11) is 0. The van der Waals surface area contributed by atoms with Gasteiger partial charge >= 0.3 is 0 Å². The van der Waals surface area contributed by atoms with E-state index in [2.05, 4.69) is 13.2 Å². The Morgan fingerprint density at radius 1 is 1.45 bits per heavy atom. The maximum atomic E-state index is 10.6. The van der Waals surface area contributed by atoms with Crippen molar-refractivity contribution < 1.29 is 4.79 Å². The number of aldehydes is 1. The summed E-state index contributed by atoms with van der Waals surface area (Å²) in [5, 5.41) is 0. The van der Waals surface area contributed by atoms with Crippen LogP contribution < -0.4 is 0 Å². The van der Waals surface area contributed by atoms with Crippen LogP contribution in [0.3, 0.4) is 0 Å². The minimum Gasteiger partial charge on any atom is -0.368 e. The fourth-order valence-corrected chi connectivity index (χ4v) is 1.51. The molecule has 2 heteroatoms. The number of nitrogens with zero attached hydrogens (tertiary/aromatic N) is 1. The standard InChI is InChI=1S/C9H13NO/c1-3-8-5-6-10(4-2)9(8)7-11/h3-4,7-9H,1-2,5-6H2. The fraction of sp³-hybridized carbons (Fsp3) is 0.444. The normalized spacial score (nSPS) is 30.0. The van der Waals surface area contributed by atoms with Gasteiger partial charge in [-0.1, -0.05) is 12.7 Å². The quantitative estimate of drug-likeness (QED) is 0.446. The van der Waals surface area contributed by atoms with Crippen LogP contribution in [0.4, 0.5) is 0 Å². The average molecular weight is 151 g/mol. The summed E-state index contributed by atoms with van der Waals surface area (Å²) in [5.74, 6) is 0.311. The molecule has 0 aromatic rings. The van der Waals surface area contributed by atoms with Crippen LogP contribution in [0.2, 0.25) is 0 Å². The van der Waals surface area contributed by atoms with E-state index in [4.69, 9.17) is 0 Å². The van der Waals surface area contributed by atoms with Crippen molar-refractivity contribution in [3.8, 4) is 0 Å². The molecule has 0 amide bonds. The third-order valence-corrected chi connectivity index (χ3v) is 2.22. The first kappa shape index (κ1) is 8.05. The van der Waals surface area contributed by atoms with Crippen molar-refractivity contribution >= 4 is 6.29 Å². The second-order valence-corrected chi connectivity index (χ2v) is 2.74. The molecule has 1 saturated heterocycles. The van der Waals surface area contributed by atoms with Crippen LogP contribution in [0.5, 0.6) is 0 Å². The Bertz CT molecular complexity index is 160. The zero-order chi connectivity index (χ0) is 8.27. The Morgan fingerprint density at radius 2 is 2.18 bits per heavy atom. The first-order valence-corrected chi connectivity index (χ1v) is 3.79. The molecule has 0 aromatic carbocycles. The van der Waals surface area contributed by atoms with Crippen molar-refractivity contribution in [3.63, 3.8) is 0 Å². The highest BCUT2D eigenvalue weighted by Crippen LogP contribution is 2.23. The van der Waals surface area contributed by atoms with Crippen molar-refractivity contribution in [2.75, 3.05) is 6.54 Å². The van der Waals surface area contributed by atoms with E-state index in [0.29, 0.717) is 5.92 Å². The highest BCUT2D eigenvalue weighted by Gasteiger charge is 2.29. The molecular weight excluding hydrogens is 138 g/mol. The summed E-state index contributed by atoms with van der Waals surface area (Å²) in [4.78, 5) is 12.6. The first-order chi connectivity index (χ1) is 5.33. The second-order valence-electron chi connectivity index (χ2n) is 2.74. The van der Waals surface area contributed by atoms with Crippen molar-refractivity contribution in [2.45, 2.75) is 12.5 Å². The topological polar surface area (TPSA) is 20.3 Å². The third kappa shape index (κ3) is 1.34. The first-order valence-electron chi connectivity index (χ1n) is 3.79. The van der Waals surface area contributed by atoms with E-state index in [0.717, 1.165) is 19.3 Å². The number of carbonyl (C=O) groups excluding carboxylic acids is 1. The van der Waals surface area contributed by atoms with Gasteiger partial charge in [0.1, 0.15) is 6.29 Å². The Labute approximate surface area is 67.2 Å². The molecule has 0 radical (unpaired) electrons. The largest absolute Gasteiger partial charge is 0.368 e. The van der Waals surface area contributed by atoms with Crippen LogP contribution in [0.1, 0.15) is 6.42 Å². The lowest BCUT2D eigenvalue weighted by Gasteiger charge is -2.18. The maximum Gasteiger partial charge on any atom is 0.142 e. The van der Waals surface area contributed by atoms with E-state index < -0.39 is 0 Å². The number of rotatable bonds is 3. The number of carbonyl (C=O) groups is 1. The Balaban J connectivity index is 2.68. The van der Waals surface area contributed by atoms with E-state index in [-0.39, 0.29) is 6.04 Å². The van der Waals surface area contributed by atoms with Gasteiger partial charge in [-0.25, -0.2) is 0 Å². The van der Waals surface area contributed by atoms with Gasteiger partial charge in [0.15, 0.2) is 0 Å². The van der Waals surface area contributed by atoms with Crippen LogP contribution in [-0.2, 0) is 4.79 Å². The summed E-state index contributed by atoms with van der Waals surface area (Å²) in [6.07, 6.45) is 5.56. The van der Waals surface area contributed by atoms with Gasteiger partial charge in [-0.3, -0.25) is 0 Å². The minimum absolute atomic E-state index is 0.0231. The lowest BCUT2D eigenvalue weighted by atomic mass is 10.0. The number of hydrogen-bond acceptors (Lipinski definition) is 2. The highest BCUT2D eigenvalue weighted by atomic mass is 16.1. The molecule has 0 N–H and O–H groups in total. The van der Waals surface area contributed by atoms with Crippen LogP contribution in [0, 0.1) is 5.92 Å². The molecule has 60 valence electrons. The molecule has 0 aliphatic carbocycles. The molecule has 1 heterocycles. The molecule has 2 nitrogen and oxygen atoms in total. The lowest BCUT2D eigenvalue weighted by Crippen LogP contribution is -2.28. The van der Waals surface area contributed by atoms with Gasteiger partial charge in [0.2, 0.25) is 0 Å². The Kier molecular flexibility index (Phi) is 2.47. The van der Waals surface area contributed by atoms with E-state index >= 15 is 0 Å². The zero-order valence-corrected chi connectivity index (χ0v) is 6.57. The summed E-state index contributed by atoms with van der Waals surface area (Å²) >= 11 is 0. The van der Waals surface area contributed by atoms with Crippen molar-refractivity contribution in [3.05, 3.63) is 25.4 Å².